The molecule has 0 aliphatic heterocycles. The number of anilines is 3. The standard InChI is InChI=1S/C53H33NS/c1-2-16-37-34(14-1)15-11-21-38(37)35-30-32-36(33-31-35)54(48-27-13-29-50-52(48)42-20-6-10-28-49(42)55-50)47-26-12-25-46-51(47)41-19-5-9-24-45(41)53(46)43-22-7-3-17-39(43)40-18-4-8-23-44(40)53/h1-33H. The summed E-state index contributed by atoms with van der Waals surface area (Å²) < 4.78 is 2.59. The third-order valence-electron chi connectivity index (χ3n) is 12.1. The van der Waals surface area contributed by atoms with E-state index in [2.05, 4.69) is 205 Å². The summed E-state index contributed by atoms with van der Waals surface area (Å²) in [5.41, 5.74) is 16.2. The Bertz CT molecular complexity index is 3120. The van der Waals surface area contributed by atoms with Crippen LogP contribution in [0.1, 0.15) is 22.3 Å². The second-order valence-corrected chi connectivity index (χ2v) is 15.8. The van der Waals surface area contributed by atoms with E-state index in [1.54, 1.807) is 0 Å². The zero-order valence-electron chi connectivity index (χ0n) is 29.9. The molecule has 2 aliphatic rings. The largest absolute Gasteiger partial charge is 0.309 e. The Hall–Kier alpha value is -6.74. The molecule has 0 fully saturated rings. The molecule has 2 aliphatic carbocycles. The van der Waals surface area contributed by atoms with Crippen molar-refractivity contribution in [2.45, 2.75) is 5.41 Å². The number of rotatable bonds is 4. The molecule has 2 heteroatoms. The minimum absolute atomic E-state index is 0.417. The minimum Gasteiger partial charge on any atom is -0.309 e. The Morgan fingerprint density at radius 1 is 0.364 bits per heavy atom. The normalized spacial score (nSPS) is 13.2. The summed E-state index contributed by atoms with van der Waals surface area (Å²) in [6, 6.07) is 74.5. The van der Waals surface area contributed by atoms with Gasteiger partial charge in [-0.15, -0.1) is 11.3 Å². The lowest BCUT2D eigenvalue weighted by atomic mass is 9.70. The van der Waals surface area contributed by atoms with Crippen LogP contribution in [0.15, 0.2) is 200 Å². The van der Waals surface area contributed by atoms with Crippen LogP contribution in [0.2, 0.25) is 0 Å². The summed E-state index contributed by atoms with van der Waals surface area (Å²) in [6.45, 7) is 0. The van der Waals surface area contributed by atoms with Gasteiger partial charge in [0.25, 0.3) is 0 Å². The molecular formula is C53H33NS. The van der Waals surface area contributed by atoms with Gasteiger partial charge in [0, 0.05) is 31.4 Å². The summed E-state index contributed by atoms with van der Waals surface area (Å²) in [5.74, 6) is 0. The second kappa shape index (κ2) is 11.6. The highest BCUT2D eigenvalue weighted by Crippen LogP contribution is 2.64. The average Bonchev–Trinajstić information content (AvgIpc) is 3.89. The number of nitrogens with zero attached hydrogens (tertiary/aromatic N) is 1. The Balaban J connectivity index is 1.15. The van der Waals surface area contributed by atoms with Gasteiger partial charge in [-0.3, -0.25) is 0 Å². The van der Waals surface area contributed by atoms with Crippen LogP contribution in [0, 0.1) is 0 Å². The molecule has 12 rings (SSSR count). The molecular weight excluding hydrogens is 683 g/mol. The van der Waals surface area contributed by atoms with Crippen LogP contribution in [0.25, 0.3) is 64.3 Å². The maximum atomic E-state index is 2.54. The van der Waals surface area contributed by atoms with E-state index < -0.39 is 5.41 Å². The van der Waals surface area contributed by atoms with Crippen molar-refractivity contribution in [3.63, 3.8) is 0 Å². The first-order valence-electron chi connectivity index (χ1n) is 19.0. The molecule has 1 nitrogen and oxygen atoms in total. The maximum Gasteiger partial charge on any atom is 0.0726 e. The molecule has 0 saturated heterocycles. The van der Waals surface area contributed by atoms with Gasteiger partial charge in [0.1, 0.15) is 0 Å². The summed E-state index contributed by atoms with van der Waals surface area (Å²) >= 11 is 1.87. The van der Waals surface area contributed by atoms with Crippen molar-refractivity contribution in [3.8, 4) is 33.4 Å². The zero-order valence-corrected chi connectivity index (χ0v) is 30.7. The van der Waals surface area contributed by atoms with Gasteiger partial charge in [-0.05, 0) is 97.2 Å². The van der Waals surface area contributed by atoms with E-state index in [1.165, 1.54) is 98.0 Å². The Morgan fingerprint density at radius 3 is 1.67 bits per heavy atom. The molecule has 0 atom stereocenters. The van der Waals surface area contributed by atoms with Gasteiger partial charge in [-0.1, -0.05) is 164 Å². The van der Waals surface area contributed by atoms with Gasteiger partial charge in [-0.25, -0.2) is 0 Å². The van der Waals surface area contributed by atoms with Gasteiger partial charge in [0.2, 0.25) is 0 Å². The molecule has 0 bridgehead atoms. The van der Waals surface area contributed by atoms with E-state index >= 15 is 0 Å². The number of hydrogen-bond donors (Lipinski definition) is 0. The van der Waals surface area contributed by atoms with Crippen molar-refractivity contribution in [3.05, 3.63) is 222 Å². The Kier molecular flexibility index (Phi) is 6.49. The Morgan fingerprint density at radius 2 is 0.891 bits per heavy atom. The molecule has 0 radical (unpaired) electrons. The zero-order chi connectivity index (χ0) is 36.1. The van der Waals surface area contributed by atoms with Crippen molar-refractivity contribution in [2.24, 2.45) is 0 Å². The topological polar surface area (TPSA) is 3.24 Å². The van der Waals surface area contributed by atoms with Gasteiger partial charge in [0.05, 0.1) is 16.8 Å². The second-order valence-electron chi connectivity index (χ2n) is 14.7. The van der Waals surface area contributed by atoms with Crippen LogP contribution in [-0.4, -0.2) is 0 Å². The molecule has 0 unspecified atom stereocenters. The van der Waals surface area contributed by atoms with Crippen LogP contribution >= 0.6 is 11.3 Å². The summed E-state index contributed by atoms with van der Waals surface area (Å²) in [4.78, 5) is 2.54. The fourth-order valence-corrected chi connectivity index (χ4v) is 11.1. The summed E-state index contributed by atoms with van der Waals surface area (Å²) in [7, 11) is 0. The third-order valence-corrected chi connectivity index (χ3v) is 13.2. The third kappa shape index (κ3) is 4.18. The number of thiophene rings is 1. The van der Waals surface area contributed by atoms with Crippen LogP contribution in [0.4, 0.5) is 17.1 Å². The summed E-state index contributed by atoms with van der Waals surface area (Å²) in [6.07, 6.45) is 0. The molecule has 1 heterocycles. The lowest BCUT2D eigenvalue weighted by Crippen LogP contribution is -2.26. The van der Waals surface area contributed by atoms with Gasteiger partial charge < -0.3 is 4.90 Å². The van der Waals surface area contributed by atoms with Gasteiger partial charge in [-0.2, -0.15) is 0 Å². The van der Waals surface area contributed by atoms with E-state index in [4.69, 9.17) is 0 Å². The quantitative estimate of drug-likeness (QED) is 0.175. The fourth-order valence-electron chi connectivity index (χ4n) is 9.93. The summed E-state index contributed by atoms with van der Waals surface area (Å²) in [5, 5.41) is 5.10. The van der Waals surface area contributed by atoms with Crippen LogP contribution in [0.5, 0.6) is 0 Å². The first-order chi connectivity index (χ1) is 27.3. The highest BCUT2D eigenvalue weighted by Gasteiger charge is 2.52. The van der Waals surface area contributed by atoms with Crippen molar-refractivity contribution in [1.29, 1.82) is 0 Å². The molecule has 0 amide bonds. The van der Waals surface area contributed by atoms with Crippen LogP contribution in [-0.2, 0) is 5.41 Å². The first kappa shape index (κ1) is 30.7. The number of fused-ring (bicyclic) bond motifs is 14. The predicted octanol–water partition coefficient (Wildman–Crippen LogP) is 14.7. The SMILES string of the molecule is c1ccc2c(c1)-c1ccccc1C21c2ccccc2-c2c(N(c3ccc(-c4cccc5ccccc45)cc3)c3cccc4sc5ccccc5c34)cccc21. The molecule has 256 valence electrons. The van der Waals surface area contributed by atoms with E-state index in [1.807, 2.05) is 11.3 Å². The maximum absolute atomic E-state index is 2.54. The molecule has 1 aromatic heterocycles. The van der Waals surface area contributed by atoms with Gasteiger partial charge in [0.15, 0.2) is 0 Å². The van der Waals surface area contributed by atoms with Gasteiger partial charge >= 0.3 is 0 Å². The monoisotopic (exact) mass is 715 g/mol. The lowest BCUT2D eigenvalue weighted by molar-refractivity contribution is 0.794. The lowest BCUT2D eigenvalue weighted by Gasteiger charge is -2.32. The van der Waals surface area contributed by atoms with Crippen LogP contribution in [0.3, 0.4) is 0 Å². The van der Waals surface area contributed by atoms with E-state index in [0.29, 0.717) is 0 Å². The molecule has 10 aromatic rings. The van der Waals surface area contributed by atoms with Crippen molar-refractivity contribution in [1.82, 2.24) is 0 Å². The average molecular weight is 716 g/mol. The van der Waals surface area contributed by atoms with E-state index in [-0.39, 0.29) is 0 Å². The highest BCUT2D eigenvalue weighted by molar-refractivity contribution is 7.26. The van der Waals surface area contributed by atoms with Crippen molar-refractivity contribution >= 4 is 59.3 Å². The van der Waals surface area contributed by atoms with E-state index in [9.17, 15) is 0 Å². The number of hydrogen-bond acceptors (Lipinski definition) is 2. The molecule has 9 aromatic carbocycles. The molecule has 55 heavy (non-hydrogen) atoms. The highest BCUT2D eigenvalue weighted by atomic mass is 32.1. The van der Waals surface area contributed by atoms with E-state index in [0.717, 1.165) is 5.69 Å². The molecule has 1 spiro atoms. The van der Waals surface area contributed by atoms with Crippen molar-refractivity contribution < 1.29 is 0 Å². The predicted molar refractivity (Wildman–Crippen MR) is 233 cm³/mol. The number of benzene rings is 9. The molecule has 0 saturated carbocycles. The molecule has 0 N–H and O–H groups in total. The van der Waals surface area contributed by atoms with Crippen LogP contribution < -0.4 is 4.90 Å². The fraction of sp³-hybridized carbons (Fsp3) is 0.0189. The Labute approximate surface area is 324 Å². The van der Waals surface area contributed by atoms with Crippen molar-refractivity contribution in [2.75, 3.05) is 4.90 Å². The first-order valence-corrected chi connectivity index (χ1v) is 19.8. The minimum atomic E-state index is -0.417. The smallest absolute Gasteiger partial charge is 0.0726 e.